The Morgan fingerprint density at radius 1 is 1.40 bits per heavy atom. The molecule has 3 rings (SSSR count). The van der Waals surface area contributed by atoms with Crippen molar-refractivity contribution in [3.8, 4) is 0 Å². The van der Waals surface area contributed by atoms with Gasteiger partial charge in [-0.25, -0.2) is 9.78 Å². The number of carboxylic acid groups (broad SMARTS) is 1. The monoisotopic (exact) mass is 271 g/mol. The highest BCUT2D eigenvalue weighted by molar-refractivity contribution is 6.03. The number of nitrogens with two attached hydrogens (primary N) is 1. The number of fused-ring (bicyclic) bond motifs is 1. The molecule has 1 aliphatic heterocycles. The molecule has 1 fully saturated rings. The summed E-state index contributed by atoms with van der Waals surface area (Å²) in [6.07, 6.45) is 2.02. The first-order valence-electron chi connectivity index (χ1n) is 6.79. The summed E-state index contributed by atoms with van der Waals surface area (Å²) < 4.78 is 0. The first-order chi connectivity index (χ1) is 9.65. The van der Waals surface area contributed by atoms with Gasteiger partial charge in [0.1, 0.15) is 5.82 Å². The number of nitrogens with zero attached hydrogens (tertiary/aromatic N) is 2. The van der Waals surface area contributed by atoms with Crippen molar-refractivity contribution >= 4 is 22.7 Å². The van der Waals surface area contributed by atoms with Crippen molar-refractivity contribution < 1.29 is 9.90 Å². The molecule has 0 bridgehead atoms. The summed E-state index contributed by atoms with van der Waals surface area (Å²) in [4.78, 5) is 18.1. The fourth-order valence-corrected chi connectivity index (χ4v) is 2.72. The van der Waals surface area contributed by atoms with Crippen LogP contribution in [0.1, 0.15) is 23.2 Å². The Kier molecular flexibility index (Phi) is 3.28. The average molecular weight is 271 g/mol. The van der Waals surface area contributed by atoms with E-state index in [1.54, 1.807) is 12.1 Å². The standard InChI is InChI=1S/C15H17N3O2/c16-10-4-3-7-18(9-10)14-8-12(15(19)20)11-5-1-2-6-13(11)17-14/h1-2,5-6,8,10H,3-4,7,9,16H2,(H,19,20). The second kappa shape index (κ2) is 5.09. The van der Waals surface area contributed by atoms with Gasteiger partial charge < -0.3 is 15.7 Å². The van der Waals surface area contributed by atoms with Gasteiger partial charge in [-0.2, -0.15) is 0 Å². The minimum absolute atomic E-state index is 0.130. The summed E-state index contributed by atoms with van der Waals surface area (Å²) in [7, 11) is 0. The summed E-state index contributed by atoms with van der Waals surface area (Å²) in [5.41, 5.74) is 6.99. The zero-order valence-corrected chi connectivity index (χ0v) is 11.1. The van der Waals surface area contributed by atoms with E-state index in [1.165, 1.54) is 0 Å². The molecular weight excluding hydrogens is 254 g/mol. The van der Waals surface area contributed by atoms with Crippen molar-refractivity contribution in [1.29, 1.82) is 0 Å². The number of anilines is 1. The molecule has 1 atom stereocenters. The Hall–Kier alpha value is -2.14. The molecule has 1 aromatic carbocycles. The molecule has 20 heavy (non-hydrogen) atoms. The molecule has 1 saturated heterocycles. The molecule has 3 N–H and O–H groups in total. The number of carboxylic acids is 1. The molecule has 0 saturated carbocycles. The molecule has 1 aliphatic rings. The molecule has 0 amide bonds. The van der Waals surface area contributed by atoms with Gasteiger partial charge in [-0.15, -0.1) is 0 Å². The maximum Gasteiger partial charge on any atom is 0.336 e. The third-order valence-corrected chi connectivity index (χ3v) is 3.71. The van der Waals surface area contributed by atoms with Crippen molar-refractivity contribution in [3.05, 3.63) is 35.9 Å². The first kappa shape index (κ1) is 12.9. The zero-order chi connectivity index (χ0) is 14.1. The maximum absolute atomic E-state index is 11.4. The molecule has 104 valence electrons. The zero-order valence-electron chi connectivity index (χ0n) is 11.1. The number of aromatic nitrogens is 1. The highest BCUT2D eigenvalue weighted by Crippen LogP contribution is 2.25. The van der Waals surface area contributed by atoms with Crippen LogP contribution in [-0.4, -0.2) is 35.2 Å². The smallest absolute Gasteiger partial charge is 0.336 e. The molecule has 5 heteroatoms. The largest absolute Gasteiger partial charge is 0.478 e. The Balaban J connectivity index is 2.09. The molecule has 5 nitrogen and oxygen atoms in total. The van der Waals surface area contributed by atoms with E-state index in [-0.39, 0.29) is 6.04 Å². The lowest BCUT2D eigenvalue weighted by molar-refractivity contribution is 0.0699. The van der Waals surface area contributed by atoms with E-state index in [0.29, 0.717) is 22.3 Å². The maximum atomic E-state index is 11.4. The van der Waals surface area contributed by atoms with Crippen LogP contribution in [0.2, 0.25) is 0 Å². The van der Waals surface area contributed by atoms with Crippen molar-refractivity contribution in [1.82, 2.24) is 4.98 Å². The third kappa shape index (κ3) is 2.32. The van der Waals surface area contributed by atoms with Gasteiger partial charge in [0.05, 0.1) is 11.1 Å². The van der Waals surface area contributed by atoms with Crippen LogP contribution in [-0.2, 0) is 0 Å². The van der Waals surface area contributed by atoms with E-state index in [1.807, 2.05) is 18.2 Å². The Bertz CT molecular complexity index is 657. The van der Waals surface area contributed by atoms with E-state index in [0.717, 1.165) is 25.9 Å². The lowest BCUT2D eigenvalue weighted by atomic mass is 10.1. The average Bonchev–Trinajstić information content (AvgIpc) is 2.46. The number of hydrogen-bond acceptors (Lipinski definition) is 4. The molecule has 1 unspecified atom stereocenters. The number of rotatable bonds is 2. The number of benzene rings is 1. The lowest BCUT2D eigenvalue weighted by Crippen LogP contribution is -2.43. The highest BCUT2D eigenvalue weighted by atomic mass is 16.4. The summed E-state index contributed by atoms with van der Waals surface area (Å²) in [6.45, 7) is 1.60. The minimum atomic E-state index is -0.925. The van der Waals surface area contributed by atoms with Crippen molar-refractivity contribution in [2.75, 3.05) is 18.0 Å². The SMILES string of the molecule is NC1CCCN(c2cc(C(=O)O)c3ccccc3n2)C1. The molecule has 2 aromatic rings. The van der Waals surface area contributed by atoms with E-state index in [9.17, 15) is 9.90 Å². The normalized spacial score (nSPS) is 19.2. The van der Waals surface area contributed by atoms with Crippen LogP contribution in [0.5, 0.6) is 0 Å². The quantitative estimate of drug-likeness (QED) is 0.871. The Morgan fingerprint density at radius 3 is 2.95 bits per heavy atom. The highest BCUT2D eigenvalue weighted by Gasteiger charge is 2.20. The summed E-state index contributed by atoms with van der Waals surface area (Å²) in [6, 6.07) is 9.11. The van der Waals surface area contributed by atoms with Gasteiger partial charge in [0.2, 0.25) is 0 Å². The van der Waals surface area contributed by atoms with Crippen molar-refractivity contribution in [2.45, 2.75) is 18.9 Å². The van der Waals surface area contributed by atoms with Gasteiger partial charge in [0.25, 0.3) is 0 Å². The molecular formula is C15H17N3O2. The Labute approximate surface area is 117 Å². The van der Waals surface area contributed by atoms with Crippen molar-refractivity contribution in [2.24, 2.45) is 5.73 Å². The third-order valence-electron chi connectivity index (χ3n) is 3.71. The van der Waals surface area contributed by atoms with E-state index >= 15 is 0 Å². The van der Waals surface area contributed by atoms with Gasteiger partial charge in [-0.05, 0) is 25.0 Å². The second-order valence-corrected chi connectivity index (χ2v) is 5.20. The summed E-state index contributed by atoms with van der Waals surface area (Å²) in [5.74, 6) is -0.220. The van der Waals surface area contributed by atoms with Crippen LogP contribution in [0, 0.1) is 0 Å². The number of para-hydroxylation sites is 1. The summed E-state index contributed by atoms with van der Waals surface area (Å²) >= 11 is 0. The predicted octanol–water partition coefficient (Wildman–Crippen LogP) is 1.86. The van der Waals surface area contributed by atoms with E-state index in [2.05, 4.69) is 9.88 Å². The first-order valence-corrected chi connectivity index (χ1v) is 6.79. The van der Waals surface area contributed by atoms with Crippen LogP contribution in [0.25, 0.3) is 10.9 Å². The molecule has 0 aliphatic carbocycles. The Morgan fingerprint density at radius 2 is 2.20 bits per heavy atom. The molecule has 2 heterocycles. The van der Waals surface area contributed by atoms with Gasteiger partial charge in [0.15, 0.2) is 0 Å². The van der Waals surface area contributed by atoms with Crippen LogP contribution in [0.15, 0.2) is 30.3 Å². The predicted molar refractivity (Wildman–Crippen MR) is 78.1 cm³/mol. The van der Waals surface area contributed by atoms with Crippen LogP contribution in [0.3, 0.4) is 0 Å². The number of aromatic carboxylic acids is 1. The van der Waals surface area contributed by atoms with Crippen LogP contribution >= 0.6 is 0 Å². The number of hydrogen-bond donors (Lipinski definition) is 2. The van der Waals surface area contributed by atoms with Crippen LogP contribution in [0.4, 0.5) is 5.82 Å². The van der Waals surface area contributed by atoms with Gasteiger partial charge in [0, 0.05) is 24.5 Å². The van der Waals surface area contributed by atoms with Gasteiger partial charge >= 0.3 is 5.97 Å². The number of pyridine rings is 1. The fourth-order valence-electron chi connectivity index (χ4n) is 2.72. The van der Waals surface area contributed by atoms with Gasteiger partial charge in [-0.1, -0.05) is 18.2 Å². The van der Waals surface area contributed by atoms with Crippen molar-refractivity contribution in [3.63, 3.8) is 0 Å². The molecule has 0 radical (unpaired) electrons. The topological polar surface area (TPSA) is 79.5 Å². The minimum Gasteiger partial charge on any atom is -0.478 e. The fraction of sp³-hybridized carbons (Fsp3) is 0.333. The lowest BCUT2D eigenvalue weighted by Gasteiger charge is -2.32. The second-order valence-electron chi connectivity index (χ2n) is 5.20. The van der Waals surface area contributed by atoms with Gasteiger partial charge in [-0.3, -0.25) is 0 Å². The summed E-state index contributed by atoms with van der Waals surface area (Å²) in [5, 5.41) is 10.1. The molecule has 1 aromatic heterocycles. The van der Waals surface area contributed by atoms with E-state index in [4.69, 9.17) is 5.73 Å². The molecule has 0 spiro atoms. The van der Waals surface area contributed by atoms with E-state index < -0.39 is 5.97 Å². The number of piperidine rings is 1. The number of carbonyl (C=O) groups is 1. The van der Waals surface area contributed by atoms with Crippen LogP contribution < -0.4 is 10.6 Å².